The van der Waals surface area contributed by atoms with E-state index in [1.807, 2.05) is 0 Å². The Balaban J connectivity index is 1.84. The Bertz CT molecular complexity index is 510. The molecule has 0 aromatic carbocycles. The summed E-state index contributed by atoms with van der Waals surface area (Å²) in [6.45, 7) is 8.42. The predicted octanol–water partition coefficient (Wildman–Crippen LogP) is 1.18. The van der Waals surface area contributed by atoms with Crippen LogP contribution < -0.4 is 10.5 Å². The van der Waals surface area contributed by atoms with Gasteiger partial charge in [-0.05, 0) is 19.4 Å². The van der Waals surface area contributed by atoms with E-state index >= 15 is 0 Å². The van der Waals surface area contributed by atoms with E-state index in [4.69, 9.17) is 0 Å². The van der Waals surface area contributed by atoms with Crippen LogP contribution >= 0.6 is 0 Å². The van der Waals surface area contributed by atoms with Crippen LogP contribution in [0.5, 0.6) is 0 Å². The van der Waals surface area contributed by atoms with Crippen molar-refractivity contribution in [2.75, 3.05) is 31.1 Å². The van der Waals surface area contributed by atoms with Gasteiger partial charge < -0.3 is 9.88 Å². The molecular formula is C14H22N4O. The molecule has 104 valence electrons. The maximum absolute atomic E-state index is 11.8. The molecule has 5 heteroatoms. The van der Waals surface area contributed by atoms with E-state index in [-0.39, 0.29) is 11.5 Å². The Morgan fingerprint density at radius 1 is 1.37 bits per heavy atom. The highest BCUT2D eigenvalue weighted by molar-refractivity contribution is 5.39. The monoisotopic (exact) mass is 262 g/mol. The van der Waals surface area contributed by atoms with Gasteiger partial charge in [-0.3, -0.25) is 9.69 Å². The molecule has 1 atom stereocenters. The van der Waals surface area contributed by atoms with Gasteiger partial charge in [0.15, 0.2) is 0 Å². The summed E-state index contributed by atoms with van der Waals surface area (Å²) in [6.07, 6.45) is 2.58. The van der Waals surface area contributed by atoms with E-state index in [2.05, 4.69) is 33.6 Å². The summed E-state index contributed by atoms with van der Waals surface area (Å²) in [5.41, 5.74) is -0.0393. The van der Waals surface area contributed by atoms with Crippen molar-refractivity contribution in [1.82, 2.24) is 14.9 Å². The number of aromatic nitrogens is 2. The fourth-order valence-electron chi connectivity index (χ4n) is 3.10. The Labute approximate surface area is 113 Å². The van der Waals surface area contributed by atoms with Crippen LogP contribution in [0.15, 0.2) is 10.9 Å². The summed E-state index contributed by atoms with van der Waals surface area (Å²) in [7, 11) is 0. The molecule has 2 aliphatic heterocycles. The predicted molar refractivity (Wildman–Crippen MR) is 75.8 cm³/mol. The molecule has 1 unspecified atom stereocenters. The quantitative estimate of drug-likeness (QED) is 0.869. The third-order valence-electron chi connectivity index (χ3n) is 4.20. The number of nitrogens with one attached hydrogen (secondary N) is 1. The van der Waals surface area contributed by atoms with Crippen LogP contribution in [0.3, 0.4) is 0 Å². The lowest BCUT2D eigenvalue weighted by Gasteiger charge is -2.38. The fraction of sp³-hybridized carbons (Fsp3) is 0.714. The topological polar surface area (TPSA) is 52.2 Å². The average molecular weight is 262 g/mol. The fourth-order valence-corrected chi connectivity index (χ4v) is 3.10. The summed E-state index contributed by atoms with van der Waals surface area (Å²) >= 11 is 0. The molecule has 1 aromatic heterocycles. The maximum Gasteiger partial charge on any atom is 0.252 e. The smallest absolute Gasteiger partial charge is 0.252 e. The minimum atomic E-state index is -0.0393. The van der Waals surface area contributed by atoms with Gasteiger partial charge in [-0.2, -0.15) is 0 Å². The Morgan fingerprint density at radius 3 is 3.00 bits per heavy atom. The number of hydrogen-bond donors (Lipinski definition) is 1. The zero-order chi connectivity index (χ0) is 13.4. The second-order valence-electron chi connectivity index (χ2n) is 5.92. The molecule has 1 aromatic rings. The highest BCUT2D eigenvalue weighted by atomic mass is 16.1. The van der Waals surface area contributed by atoms with Gasteiger partial charge in [-0.25, -0.2) is 4.98 Å². The van der Waals surface area contributed by atoms with Gasteiger partial charge in [-0.15, -0.1) is 0 Å². The van der Waals surface area contributed by atoms with E-state index in [0.717, 1.165) is 31.3 Å². The SMILES string of the molecule is CC(C)c1nc(N2CCN3CCCC3C2)cc(=O)[nH]1. The number of aromatic amines is 1. The molecule has 2 saturated heterocycles. The molecule has 2 fully saturated rings. The third kappa shape index (κ3) is 2.52. The van der Waals surface area contributed by atoms with Crippen molar-refractivity contribution in [2.24, 2.45) is 0 Å². The van der Waals surface area contributed by atoms with Gasteiger partial charge in [0.2, 0.25) is 0 Å². The first-order valence-corrected chi connectivity index (χ1v) is 7.24. The van der Waals surface area contributed by atoms with Crippen molar-refractivity contribution in [2.45, 2.75) is 38.6 Å². The molecule has 0 bridgehead atoms. The van der Waals surface area contributed by atoms with E-state index in [1.165, 1.54) is 19.4 Å². The summed E-state index contributed by atoms with van der Waals surface area (Å²) in [4.78, 5) is 24.0. The van der Waals surface area contributed by atoms with Gasteiger partial charge in [-0.1, -0.05) is 13.8 Å². The Hall–Kier alpha value is -1.36. The van der Waals surface area contributed by atoms with E-state index < -0.39 is 0 Å². The van der Waals surface area contributed by atoms with Gasteiger partial charge in [0.1, 0.15) is 11.6 Å². The Kier molecular flexibility index (Phi) is 3.31. The minimum absolute atomic E-state index is 0.0393. The van der Waals surface area contributed by atoms with Crippen LogP contribution in [0.25, 0.3) is 0 Å². The molecule has 0 spiro atoms. The van der Waals surface area contributed by atoms with Gasteiger partial charge in [0, 0.05) is 37.7 Å². The number of H-pyrrole nitrogens is 1. The van der Waals surface area contributed by atoms with Crippen LogP contribution in [0, 0.1) is 0 Å². The molecule has 5 nitrogen and oxygen atoms in total. The highest BCUT2D eigenvalue weighted by Crippen LogP contribution is 2.24. The number of nitrogens with zero attached hydrogens (tertiary/aromatic N) is 3. The zero-order valence-electron chi connectivity index (χ0n) is 11.7. The second-order valence-corrected chi connectivity index (χ2v) is 5.92. The molecule has 0 saturated carbocycles. The lowest BCUT2D eigenvalue weighted by atomic mass is 10.1. The lowest BCUT2D eigenvalue weighted by Crippen LogP contribution is -2.50. The van der Waals surface area contributed by atoms with Crippen molar-refractivity contribution in [3.05, 3.63) is 22.2 Å². The van der Waals surface area contributed by atoms with Crippen LogP contribution in [0.4, 0.5) is 5.82 Å². The van der Waals surface area contributed by atoms with Crippen molar-refractivity contribution in [1.29, 1.82) is 0 Å². The maximum atomic E-state index is 11.8. The first-order valence-electron chi connectivity index (χ1n) is 7.24. The number of piperazine rings is 1. The second kappa shape index (κ2) is 4.96. The van der Waals surface area contributed by atoms with Crippen LogP contribution in [-0.2, 0) is 0 Å². The van der Waals surface area contributed by atoms with E-state index in [0.29, 0.717) is 6.04 Å². The molecular weight excluding hydrogens is 240 g/mol. The van der Waals surface area contributed by atoms with Crippen LogP contribution in [0.2, 0.25) is 0 Å². The number of anilines is 1. The first kappa shape index (κ1) is 12.7. The standard InChI is InChI=1S/C14H22N4O/c1-10(2)14-15-12(8-13(19)16-14)18-7-6-17-5-3-4-11(17)9-18/h8,10-11H,3-7,9H2,1-2H3,(H,15,16,19). The molecule has 0 radical (unpaired) electrons. The average Bonchev–Trinajstić information content (AvgIpc) is 2.85. The van der Waals surface area contributed by atoms with E-state index in [9.17, 15) is 4.79 Å². The number of hydrogen-bond acceptors (Lipinski definition) is 4. The minimum Gasteiger partial charge on any atom is -0.354 e. The van der Waals surface area contributed by atoms with Crippen molar-refractivity contribution < 1.29 is 0 Å². The Morgan fingerprint density at radius 2 is 2.21 bits per heavy atom. The zero-order valence-corrected chi connectivity index (χ0v) is 11.7. The lowest BCUT2D eigenvalue weighted by molar-refractivity contribution is 0.230. The third-order valence-corrected chi connectivity index (χ3v) is 4.20. The molecule has 19 heavy (non-hydrogen) atoms. The van der Waals surface area contributed by atoms with Crippen molar-refractivity contribution >= 4 is 5.82 Å². The number of fused-ring (bicyclic) bond motifs is 1. The van der Waals surface area contributed by atoms with E-state index in [1.54, 1.807) is 6.07 Å². The summed E-state index contributed by atoms with van der Waals surface area (Å²) in [6, 6.07) is 2.29. The molecule has 0 aliphatic carbocycles. The molecule has 1 N–H and O–H groups in total. The normalized spacial score (nSPS) is 23.9. The molecule has 3 rings (SSSR count). The molecule has 2 aliphatic rings. The van der Waals surface area contributed by atoms with Crippen molar-refractivity contribution in [3.63, 3.8) is 0 Å². The van der Waals surface area contributed by atoms with Gasteiger partial charge in [0.05, 0.1) is 0 Å². The highest BCUT2D eigenvalue weighted by Gasteiger charge is 2.31. The van der Waals surface area contributed by atoms with Gasteiger partial charge in [0.25, 0.3) is 5.56 Å². The molecule has 3 heterocycles. The first-order chi connectivity index (χ1) is 9.13. The van der Waals surface area contributed by atoms with Gasteiger partial charge >= 0.3 is 0 Å². The van der Waals surface area contributed by atoms with Crippen LogP contribution in [0.1, 0.15) is 38.4 Å². The molecule has 0 amide bonds. The summed E-state index contributed by atoms with van der Waals surface area (Å²) in [5, 5.41) is 0. The number of rotatable bonds is 2. The largest absolute Gasteiger partial charge is 0.354 e. The summed E-state index contributed by atoms with van der Waals surface area (Å²) in [5.74, 6) is 1.88. The van der Waals surface area contributed by atoms with Crippen molar-refractivity contribution in [3.8, 4) is 0 Å². The summed E-state index contributed by atoms with van der Waals surface area (Å²) < 4.78 is 0. The van der Waals surface area contributed by atoms with Crippen LogP contribution in [-0.4, -0.2) is 47.1 Å².